The Morgan fingerprint density at radius 2 is 1.81 bits per heavy atom. The first-order chi connectivity index (χ1) is 7.73. The lowest BCUT2D eigenvalue weighted by Gasteiger charge is -2.28. The summed E-state index contributed by atoms with van der Waals surface area (Å²) in [5.41, 5.74) is 2.35. The van der Waals surface area contributed by atoms with Gasteiger partial charge in [-0.2, -0.15) is 0 Å². The van der Waals surface area contributed by atoms with Crippen molar-refractivity contribution in [1.29, 1.82) is 0 Å². The van der Waals surface area contributed by atoms with Gasteiger partial charge in [0.1, 0.15) is 0 Å². The summed E-state index contributed by atoms with van der Waals surface area (Å²) in [6.45, 7) is 6.97. The highest BCUT2D eigenvalue weighted by Crippen LogP contribution is 2.36. The Morgan fingerprint density at radius 3 is 2.38 bits per heavy atom. The maximum atomic E-state index is 4.24. The Balaban J connectivity index is 2.60. The van der Waals surface area contributed by atoms with E-state index in [9.17, 15) is 0 Å². The van der Waals surface area contributed by atoms with Crippen molar-refractivity contribution >= 4 is 11.3 Å². The molecule has 1 aromatic rings. The lowest BCUT2D eigenvalue weighted by Crippen LogP contribution is -2.20. The molecule has 0 saturated heterocycles. The highest BCUT2D eigenvalue weighted by atomic mass is 32.1. The molecule has 92 valence electrons. The molecule has 0 spiro atoms. The quantitative estimate of drug-likeness (QED) is 0.570. The predicted octanol–water partition coefficient (Wildman–Crippen LogP) is 5.17. The molecule has 0 radical (unpaired) electrons. The fourth-order valence-corrected chi connectivity index (χ4v) is 3.06. The Labute approximate surface area is 104 Å². The summed E-state index contributed by atoms with van der Waals surface area (Å²) in [7, 11) is 0. The van der Waals surface area contributed by atoms with Gasteiger partial charge >= 0.3 is 0 Å². The summed E-state index contributed by atoms with van der Waals surface area (Å²) in [6, 6.07) is 0. The summed E-state index contributed by atoms with van der Waals surface area (Å²) in [5.74, 6) is 0. The smallest absolute Gasteiger partial charge is 0.0794 e. The lowest BCUT2D eigenvalue weighted by molar-refractivity contribution is 0.377. The monoisotopic (exact) mass is 239 g/mol. The van der Waals surface area contributed by atoms with Gasteiger partial charge in [0.25, 0.3) is 0 Å². The minimum atomic E-state index is 0.381. The van der Waals surface area contributed by atoms with Crippen molar-refractivity contribution in [3.05, 3.63) is 16.6 Å². The van der Waals surface area contributed by atoms with Crippen LogP contribution < -0.4 is 0 Å². The van der Waals surface area contributed by atoms with Crippen LogP contribution in [0.25, 0.3) is 0 Å². The van der Waals surface area contributed by atoms with Gasteiger partial charge in [-0.05, 0) is 12.8 Å². The van der Waals surface area contributed by atoms with Crippen LogP contribution >= 0.6 is 11.3 Å². The van der Waals surface area contributed by atoms with E-state index in [2.05, 4.69) is 32.0 Å². The average Bonchev–Trinajstić information content (AvgIpc) is 2.81. The molecule has 1 unspecified atom stereocenters. The Bertz CT molecular complexity index is 268. The van der Waals surface area contributed by atoms with Crippen molar-refractivity contribution in [2.45, 2.75) is 71.1 Å². The molecule has 0 amide bonds. The molecule has 0 N–H and O–H groups in total. The second kappa shape index (κ2) is 7.05. The van der Waals surface area contributed by atoms with Crippen LogP contribution in [0.4, 0.5) is 0 Å². The van der Waals surface area contributed by atoms with Crippen LogP contribution in [0.5, 0.6) is 0 Å². The Morgan fingerprint density at radius 1 is 1.12 bits per heavy atom. The third kappa shape index (κ3) is 3.89. The number of thiazole rings is 1. The van der Waals surface area contributed by atoms with E-state index in [1.807, 2.05) is 16.8 Å². The number of nitrogens with zero attached hydrogens (tertiary/aromatic N) is 1. The van der Waals surface area contributed by atoms with Crippen molar-refractivity contribution in [2.75, 3.05) is 0 Å². The van der Waals surface area contributed by atoms with Gasteiger partial charge in [-0.3, -0.25) is 4.98 Å². The van der Waals surface area contributed by atoms with Crippen molar-refractivity contribution in [1.82, 2.24) is 4.98 Å². The largest absolute Gasteiger partial charge is 0.253 e. The van der Waals surface area contributed by atoms with E-state index in [1.165, 1.54) is 49.8 Å². The highest BCUT2D eigenvalue weighted by Gasteiger charge is 2.26. The second-order valence-electron chi connectivity index (χ2n) is 4.99. The fourth-order valence-electron chi connectivity index (χ4n) is 2.22. The summed E-state index contributed by atoms with van der Waals surface area (Å²) in [4.78, 5) is 5.73. The molecule has 1 aromatic heterocycles. The SMILES string of the molecule is CCCCCC(C)(CCCC)c1cncs1. The number of aromatic nitrogens is 1. The maximum Gasteiger partial charge on any atom is 0.0794 e. The fraction of sp³-hybridized carbons (Fsp3) is 0.786. The molecule has 0 aliphatic carbocycles. The van der Waals surface area contributed by atoms with Crippen LogP contribution in [0.1, 0.15) is 70.6 Å². The van der Waals surface area contributed by atoms with E-state index < -0.39 is 0 Å². The molecule has 1 rings (SSSR count). The zero-order valence-corrected chi connectivity index (χ0v) is 11.8. The van der Waals surface area contributed by atoms with E-state index in [0.29, 0.717) is 5.41 Å². The second-order valence-corrected chi connectivity index (χ2v) is 5.87. The zero-order chi connectivity index (χ0) is 11.9. The van der Waals surface area contributed by atoms with E-state index in [-0.39, 0.29) is 0 Å². The number of unbranched alkanes of at least 4 members (excludes halogenated alkanes) is 3. The molecule has 1 heterocycles. The Hall–Kier alpha value is -0.370. The zero-order valence-electron chi connectivity index (χ0n) is 11.0. The van der Waals surface area contributed by atoms with Crippen LogP contribution in [0.15, 0.2) is 11.7 Å². The molecular formula is C14H25NS. The molecule has 1 atom stereocenters. The van der Waals surface area contributed by atoms with Gasteiger partial charge in [0.2, 0.25) is 0 Å². The van der Waals surface area contributed by atoms with Gasteiger partial charge in [0.15, 0.2) is 0 Å². The number of hydrogen-bond donors (Lipinski definition) is 0. The topological polar surface area (TPSA) is 12.9 Å². The van der Waals surface area contributed by atoms with E-state index >= 15 is 0 Å². The van der Waals surface area contributed by atoms with Crippen molar-refractivity contribution in [3.8, 4) is 0 Å². The van der Waals surface area contributed by atoms with Gasteiger partial charge in [0, 0.05) is 16.5 Å². The molecule has 0 bridgehead atoms. The molecule has 0 aliphatic rings. The third-order valence-electron chi connectivity index (χ3n) is 3.44. The molecule has 1 nitrogen and oxygen atoms in total. The van der Waals surface area contributed by atoms with Crippen molar-refractivity contribution in [2.24, 2.45) is 0 Å². The summed E-state index contributed by atoms with van der Waals surface area (Å²) < 4.78 is 0. The van der Waals surface area contributed by atoms with Crippen LogP contribution in [0.2, 0.25) is 0 Å². The maximum absolute atomic E-state index is 4.24. The van der Waals surface area contributed by atoms with Crippen LogP contribution in [0.3, 0.4) is 0 Å². The standard InChI is InChI=1S/C14H25NS/c1-4-6-8-10-14(3,9-7-5-2)13-11-15-12-16-13/h11-12H,4-10H2,1-3H3. The first kappa shape index (κ1) is 13.7. The predicted molar refractivity (Wildman–Crippen MR) is 73.1 cm³/mol. The minimum absolute atomic E-state index is 0.381. The Kier molecular flexibility index (Phi) is 6.04. The van der Waals surface area contributed by atoms with Crippen molar-refractivity contribution < 1.29 is 0 Å². The van der Waals surface area contributed by atoms with E-state index in [0.717, 1.165) is 0 Å². The highest BCUT2D eigenvalue weighted by molar-refractivity contribution is 7.09. The normalized spacial score (nSPS) is 14.9. The average molecular weight is 239 g/mol. The van der Waals surface area contributed by atoms with Gasteiger partial charge in [-0.25, -0.2) is 0 Å². The molecular weight excluding hydrogens is 214 g/mol. The molecule has 2 heteroatoms. The number of rotatable bonds is 8. The van der Waals surface area contributed by atoms with Crippen LogP contribution in [-0.2, 0) is 5.41 Å². The molecule has 0 saturated carbocycles. The summed E-state index contributed by atoms with van der Waals surface area (Å²) >= 11 is 1.83. The summed E-state index contributed by atoms with van der Waals surface area (Å²) in [6.07, 6.45) is 11.4. The minimum Gasteiger partial charge on any atom is -0.253 e. The van der Waals surface area contributed by atoms with Crippen molar-refractivity contribution in [3.63, 3.8) is 0 Å². The van der Waals surface area contributed by atoms with Gasteiger partial charge in [-0.1, -0.05) is 52.9 Å². The van der Waals surface area contributed by atoms with Crippen LogP contribution in [-0.4, -0.2) is 4.98 Å². The van der Waals surface area contributed by atoms with Gasteiger partial charge in [-0.15, -0.1) is 11.3 Å². The first-order valence-corrected chi connectivity index (χ1v) is 7.50. The molecule has 0 fully saturated rings. The summed E-state index contributed by atoms with van der Waals surface area (Å²) in [5, 5.41) is 0. The van der Waals surface area contributed by atoms with E-state index in [4.69, 9.17) is 0 Å². The van der Waals surface area contributed by atoms with Gasteiger partial charge in [0.05, 0.1) is 5.51 Å². The molecule has 0 aromatic carbocycles. The lowest BCUT2D eigenvalue weighted by atomic mass is 9.79. The molecule has 0 aliphatic heterocycles. The number of hydrogen-bond acceptors (Lipinski definition) is 2. The molecule has 16 heavy (non-hydrogen) atoms. The van der Waals surface area contributed by atoms with Gasteiger partial charge < -0.3 is 0 Å². The van der Waals surface area contributed by atoms with Crippen LogP contribution in [0, 0.1) is 0 Å². The van der Waals surface area contributed by atoms with E-state index in [1.54, 1.807) is 0 Å². The third-order valence-corrected chi connectivity index (χ3v) is 4.52. The first-order valence-electron chi connectivity index (χ1n) is 6.62.